The Balaban J connectivity index is 2.44. The van der Waals surface area contributed by atoms with Crippen LogP contribution in [-0.2, 0) is 15.7 Å². The van der Waals surface area contributed by atoms with E-state index in [-0.39, 0.29) is 6.42 Å². The van der Waals surface area contributed by atoms with E-state index in [9.17, 15) is 5.26 Å². The van der Waals surface area contributed by atoms with Crippen molar-refractivity contribution in [2.75, 3.05) is 0 Å². The van der Waals surface area contributed by atoms with Gasteiger partial charge in [0.05, 0.1) is 34.9 Å². The molecule has 20 heavy (non-hydrogen) atoms. The van der Waals surface area contributed by atoms with Gasteiger partial charge < -0.3 is 9.31 Å². The molecule has 0 bridgehead atoms. The Morgan fingerprint density at radius 3 is 2.30 bits per heavy atom. The average molecular weight is 269 g/mol. The van der Waals surface area contributed by atoms with Crippen LogP contribution >= 0.6 is 0 Å². The van der Waals surface area contributed by atoms with E-state index in [0.29, 0.717) is 16.7 Å². The van der Waals surface area contributed by atoms with Gasteiger partial charge in [0.15, 0.2) is 0 Å². The van der Waals surface area contributed by atoms with E-state index in [0.717, 1.165) is 0 Å². The molecule has 1 saturated heterocycles. The topological polar surface area (TPSA) is 78.9 Å². The summed E-state index contributed by atoms with van der Waals surface area (Å²) < 4.78 is 11.9. The van der Waals surface area contributed by atoms with E-state index in [2.05, 4.69) is 11.1 Å². The zero-order valence-electron chi connectivity index (χ0n) is 12.1. The molecule has 102 valence electrons. The van der Waals surface area contributed by atoms with E-state index in [1.54, 1.807) is 12.3 Å². The smallest absolute Gasteiger partial charge is 0.399 e. The Labute approximate surface area is 119 Å². The zero-order chi connectivity index (χ0) is 15.0. The molecule has 5 nitrogen and oxygen atoms in total. The molecular weight excluding hydrogens is 253 g/mol. The van der Waals surface area contributed by atoms with Gasteiger partial charge in [-0.2, -0.15) is 10.5 Å². The summed E-state index contributed by atoms with van der Waals surface area (Å²) >= 11 is 0. The van der Waals surface area contributed by atoms with Crippen LogP contribution in [0.15, 0.2) is 12.3 Å². The molecule has 2 heterocycles. The van der Waals surface area contributed by atoms with Gasteiger partial charge in [-0.15, -0.1) is 0 Å². The molecule has 0 radical (unpaired) electrons. The molecular formula is C14H16BN3O2. The largest absolute Gasteiger partial charge is 0.496 e. The van der Waals surface area contributed by atoms with Gasteiger partial charge in [-0.05, 0) is 33.8 Å². The molecule has 0 spiro atoms. The van der Waals surface area contributed by atoms with E-state index in [4.69, 9.17) is 14.6 Å². The minimum Gasteiger partial charge on any atom is -0.399 e. The van der Waals surface area contributed by atoms with Gasteiger partial charge in [0.2, 0.25) is 0 Å². The van der Waals surface area contributed by atoms with Crippen molar-refractivity contribution in [1.82, 2.24) is 4.98 Å². The van der Waals surface area contributed by atoms with Crippen molar-refractivity contribution in [3.63, 3.8) is 0 Å². The summed E-state index contributed by atoms with van der Waals surface area (Å²) in [6.45, 7) is 7.82. The number of aromatic nitrogens is 1. The van der Waals surface area contributed by atoms with Gasteiger partial charge in [0.1, 0.15) is 6.07 Å². The van der Waals surface area contributed by atoms with Crippen LogP contribution in [0, 0.1) is 22.7 Å². The molecule has 2 rings (SSSR count). The molecule has 1 fully saturated rings. The van der Waals surface area contributed by atoms with Crippen LogP contribution in [0.2, 0.25) is 0 Å². The second-order valence-electron chi connectivity index (χ2n) is 5.76. The molecule has 0 saturated carbocycles. The van der Waals surface area contributed by atoms with Gasteiger partial charge in [0, 0.05) is 11.7 Å². The quantitative estimate of drug-likeness (QED) is 0.756. The molecule has 0 aliphatic carbocycles. The maximum absolute atomic E-state index is 9.34. The molecule has 6 heteroatoms. The second kappa shape index (κ2) is 4.90. The summed E-state index contributed by atoms with van der Waals surface area (Å²) in [5.74, 6) is 0. The summed E-state index contributed by atoms with van der Waals surface area (Å²) in [6.07, 6.45) is 1.67. The molecule has 1 aromatic heterocycles. The highest BCUT2D eigenvalue weighted by Gasteiger charge is 2.52. The SMILES string of the molecule is CC1(C)OB(c2ccnc(CC#N)c2C#N)OC1(C)C. The minimum atomic E-state index is -0.616. The summed E-state index contributed by atoms with van der Waals surface area (Å²) in [4.78, 5) is 4.09. The van der Waals surface area contributed by atoms with Crippen LogP contribution in [-0.4, -0.2) is 23.3 Å². The van der Waals surface area contributed by atoms with Crippen molar-refractivity contribution >= 4 is 12.6 Å². The predicted octanol–water partition coefficient (Wildman–Crippen LogP) is 1.32. The molecule has 0 unspecified atom stereocenters. The van der Waals surface area contributed by atoms with Gasteiger partial charge in [-0.3, -0.25) is 4.98 Å². The standard InChI is InChI=1S/C14H16BN3O2/c1-13(2)14(3,4)20-15(19-13)11-6-8-18-12(5-7-16)10(11)9-17/h6,8H,5H2,1-4H3. The maximum atomic E-state index is 9.34. The number of nitriles is 2. The molecule has 1 aromatic rings. The monoisotopic (exact) mass is 269 g/mol. The number of hydrogen-bond acceptors (Lipinski definition) is 5. The summed E-state index contributed by atoms with van der Waals surface area (Å²) in [7, 11) is -0.616. The third kappa shape index (κ3) is 2.29. The van der Waals surface area contributed by atoms with Crippen molar-refractivity contribution in [3.05, 3.63) is 23.5 Å². The highest BCUT2D eigenvalue weighted by molar-refractivity contribution is 6.62. The number of hydrogen-bond donors (Lipinski definition) is 0. The Morgan fingerprint density at radius 2 is 1.80 bits per heavy atom. The fourth-order valence-electron chi connectivity index (χ4n) is 2.03. The van der Waals surface area contributed by atoms with Crippen molar-refractivity contribution in [1.29, 1.82) is 10.5 Å². The van der Waals surface area contributed by atoms with Crippen LogP contribution in [0.3, 0.4) is 0 Å². The lowest BCUT2D eigenvalue weighted by Crippen LogP contribution is -2.41. The summed E-state index contributed by atoms with van der Waals surface area (Å²) in [5, 5.41) is 18.1. The van der Waals surface area contributed by atoms with Crippen LogP contribution in [0.4, 0.5) is 0 Å². The first-order valence-electron chi connectivity index (χ1n) is 6.43. The number of pyridine rings is 1. The normalized spacial score (nSPS) is 19.4. The minimum absolute atomic E-state index is 0.0935. The molecule has 0 aromatic carbocycles. The van der Waals surface area contributed by atoms with Gasteiger partial charge >= 0.3 is 7.12 Å². The third-order valence-electron chi connectivity index (χ3n) is 3.93. The first kappa shape index (κ1) is 14.5. The zero-order valence-corrected chi connectivity index (χ0v) is 12.1. The van der Waals surface area contributed by atoms with Crippen LogP contribution in [0.1, 0.15) is 39.0 Å². The van der Waals surface area contributed by atoms with Crippen LogP contribution < -0.4 is 5.46 Å². The first-order valence-corrected chi connectivity index (χ1v) is 6.43. The fourth-order valence-corrected chi connectivity index (χ4v) is 2.03. The van der Waals surface area contributed by atoms with Crippen molar-refractivity contribution in [2.24, 2.45) is 0 Å². The summed E-state index contributed by atoms with van der Waals surface area (Å²) in [6, 6.07) is 5.83. The highest BCUT2D eigenvalue weighted by Crippen LogP contribution is 2.36. The lowest BCUT2D eigenvalue weighted by Gasteiger charge is -2.32. The molecule has 1 aliphatic heterocycles. The lowest BCUT2D eigenvalue weighted by molar-refractivity contribution is 0.00578. The highest BCUT2D eigenvalue weighted by atomic mass is 16.7. The van der Waals surface area contributed by atoms with Crippen molar-refractivity contribution in [3.8, 4) is 12.1 Å². The fraction of sp³-hybridized carbons (Fsp3) is 0.500. The van der Waals surface area contributed by atoms with Gasteiger partial charge in [-0.25, -0.2) is 0 Å². The summed E-state index contributed by atoms with van der Waals surface area (Å²) in [5.41, 5.74) is 0.521. The second-order valence-corrected chi connectivity index (χ2v) is 5.76. The van der Waals surface area contributed by atoms with E-state index >= 15 is 0 Å². The predicted molar refractivity (Wildman–Crippen MR) is 74.0 cm³/mol. The Kier molecular flexibility index (Phi) is 3.56. The Hall–Kier alpha value is -1.89. The first-order chi connectivity index (χ1) is 9.32. The van der Waals surface area contributed by atoms with E-state index in [1.165, 1.54) is 0 Å². The third-order valence-corrected chi connectivity index (χ3v) is 3.93. The lowest BCUT2D eigenvalue weighted by atomic mass is 9.76. The van der Waals surface area contributed by atoms with E-state index < -0.39 is 18.3 Å². The molecule has 0 amide bonds. The van der Waals surface area contributed by atoms with Crippen LogP contribution in [0.5, 0.6) is 0 Å². The Morgan fingerprint density at radius 1 is 1.20 bits per heavy atom. The molecule has 0 N–H and O–H groups in total. The number of nitrogens with zero attached hydrogens (tertiary/aromatic N) is 3. The van der Waals surface area contributed by atoms with Crippen LogP contribution in [0.25, 0.3) is 0 Å². The van der Waals surface area contributed by atoms with Gasteiger partial charge in [0.25, 0.3) is 0 Å². The Bertz CT molecular complexity index is 598. The number of rotatable bonds is 2. The molecule has 1 aliphatic rings. The van der Waals surface area contributed by atoms with E-state index in [1.807, 2.05) is 33.8 Å². The average Bonchev–Trinajstić information content (AvgIpc) is 2.58. The molecule has 0 atom stereocenters. The maximum Gasteiger partial charge on any atom is 0.496 e. The van der Waals surface area contributed by atoms with Crippen molar-refractivity contribution < 1.29 is 9.31 Å². The van der Waals surface area contributed by atoms with Crippen molar-refractivity contribution in [2.45, 2.75) is 45.3 Å². The van der Waals surface area contributed by atoms with Gasteiger partial charge in [-0.1, -0.05) is 0 Å².